The number of hydrogen-bond donors (Lipinski definition) is 3. The largest absolute Gasteiger partial charge is 0.396 e. The average Bonchev–Trinajstić information content (AvgIpc) is 2.33. The molecule has 0 aliphatic carbocycles. The topological polar surface area (TPSA) is 102 Å². The zero-order valence-electron chi connectivity index (χ0n) is 10.8. The van der Waals surface area contributed by atoms with Crippen molar-refractivity contribution in [1.29, 1.82) is 0 Å². The fraction of sp³-hybridized carbons (Fsp3) is 0.455. The second-order valence-corrected chi connectivity index (χ2v) is 6.18. The minimum atomic E-state index is -3.99. The highest BCUT2D eigenvalue weighted by molar-refractivity contribution is 7.89. The standard InChI is InChI=1S/C11H16ClFN2O4S/c1-19-6-7(2-3-16)15-20(17,18)11-5-10(14)9(13)4-8(11)12/h4-5,7,15-16H,2-3,6,14H2,1H3. The molecule has 0 aliphatic rings. The maximum atomic E-state index is 13.2. The van der Waals surface area contributed by atoms with Crippen LogP contribution in [0.5, 0.6) is 0 Å². The molecule has 1 aromatic carbocycles. The van der Waals surface area contributed by atoms with Gasteiger partial charge in [0.15, 0.2) is 0 Å². The predicted molar refractivity (Wildman–Crippen MR) is 73.5 cm³/mol. The molecule has 0 radical (unpaired) electrons. The zero-order chi connectivity index (χ0) is 15.3. The monoisotopic (exact) mass is 326 g/mol. The van der Waals surface area contributed by atoms with Crippen LogP contribution in [0.2, 0.25) is 5.02 Å². The van der Waals surface area contributed by atoms with E-state index in [-0.39, 0.29) is 35.2 Å². The van der Waals surface area contributed by atoms with Crippen LogP contribution in [0.15, 0.2) is 17.0 Å². The molecule has 0 aromatic heterocycles. The van der Waals surface area contributed by atoms with Crippen LogP contribution in [0.3, 0.4) is 0 Å². The predicted octanol–water partition coefficient (Wildman–Crippen LogP) is 0.737. The number of aliphatic hydroxyl groups is 1. The Morgan fingerprint density at radius 2 is 2.20 bits per heavy atom. The van der Waals surface area contributed by atoms with E-state index in [1.165, 1.54) is 7.11 Å². The first kappa shape index (κ1) is 17.1. The molecule has 0 fully saturated rings. The Hall–Kier alpha value is -0.930. The quantitative estimate of drug-likeness (QED) is 0.641. The van der Waals surface area contributed by atoms with Crippen LogP contribution in [-0.4, -0.2) is 39.9 Å². The van der Waals surface area contributed by atoms with E-state index in [2.05, 4.69) is 4.72 Å². The minimum Gasteiger partial charge on any atom is -0.396 e. The molecule has 0 saturated heterocycles. The van der Waals surface area contributed by atoms with Gasteiger partial charge in [0.05, 0.1) is 17.3 Å². The Kier molecular flexibility index (Phi) is 6.15. The van der Waals surface area contributed by atoms with Crippen LogP contribution in [0.25, 0.3) is 0 Å². The van der Waals surface area contributed by atoms with Crippen molar-refractivity contribution in [3.8, 4) is 0 Å². The Morgan fingerprint density at radius 3 is 2.75 bits per heavy atom. The van der Waals surface area contributed by atoms with E-state index in [9.17, 15) is 12.8 Å². The lowest BCUT2D eigenvalue weighted by Crippen LogP contribution is -2.38. The summed E-state index contributed by atoms with van der Waals surface area (Å²) in [5.74, 6) is -0.794. The molecule has 0 saturated carbocycles. The van der Waals surface area contributed by atoms with Crippen LogP contribution in [-0.2, 0) is 14.8 Å². The molecule has 9 heteroatoms. The summed E-state index contributed by atoms with van der Waals surface area (Å²) >= 11 is 5.73. The van der Waals surface area contributed by atoms with Gasteiger partial charge in [0.1, 0.15) is 10.7 Å². The van der Waals surface area contributed by atoms with E-state index >= 15 is 0 Å². The van der Waals surface area contributed by atoms with Gasteiger partial charge in [-0.3, -0.25) is 0 Å². The SMILES string of the molecule is COCC(CCO)NS(=O)(=O)c1cc(N)c(F)cc1Cl. The van der Waals surface area contributed by atoms with Gasteiger partial charge in [-0.15, -0.1) is 0 Å². The lowest BCUT2D eigenvalue weighted by atomic mass is 10.2. The molecule has 1 rings (SSSR count). The minimum absolute atomic E-state index is 0.0775. The summed E-state index contributed by atoms with van der Waals surface area (Å²) in [6.45, 7) is -0.135. The van der Waals surface area contributed by atoms with Gasteiger partial charge in [-0.2, -0.15) is 0 Å². The Morgan fingerprint density at radius 1 is 1.55 bits per heavy atom. The molecule has 1 aromatic rings. The summed E-state index contributed by atoms with van der Waals surface area (Å²) in [6.07, 6.45) is 0.168. The Labute approximate surface area is 121 Å². The third-order valence-corrected chi connectivity index (χ3v) is 4.49. The summed E-state index contributed by atoms with van der Waals surface area (Å²) in [7, 11) is -2.59. The number of methoxy groups -OCH3 is 1. The Bertz CT molecular complexity index is 562. The first-order valence-electron chi connectivity index (χ1n) is 5.68. The molecule has 0 spiro atoms. The van der Waals surface area contributed by atoms with E-state index in [1.54, 1.807) is 0 Å². The third-order valence-electron chi connectivity index (χ3n) is 2.51. The number of nitrogens with one attached hydrogen (secondary N) is 1. The summed E-state index contributed by atoms with van der Waals surface area (Å²) in [5, 5.41) is 8.61. The van der Waals surface area contributed by atoms with E-state index in [0.717, 1.165) is 12.1 Å². The van der Waals surface area contributed by atoms with Gasteiger partial charge in [0.2, 0.25) is 10.0 Å². The number of nitrogen functional groups attached to an aromatic ring is 1. The molecule has 0 aliphatic heterocycles. The van der Waals surface area contributed by atoms with E-state index in [0.29, 0.717) is 0 Å². The molecule has 0 bridgehead atoms. The number of halogens is 2. The van der Waals surface area contributed by atoms with Gasteiger partial charge in [-0.25, -0.2) is 17.5 Å². The number of ether oxygens (including phenoxy) is 1. The van der Waals surface area contributed by atoms with Crippen LogP contribution >= 0.6 is 11.6 Å². The normalized spacial score (nSPS) is 13.4. The van der Waals surface area contributed by atoms with Crippen molar-refractivity contribution in [2.45, 2.75) is 17.4 Å². The second-order valence-electron chi connectivity index (χ2n) is 4.09. The van der Waals surface area contributed by atoms with Crippen molar-refractivity contribution < 1.29 is 22.7 Å². The van der Waals surface area contributed by atoms with Crippen molar-refractivity contribution >= 4 is 27.3 Å². The first-order valence-corrected chi connectivity index (χ1v) is 7.54. The van der Waals surface area contributed by atoms with Gasteiger partial charge >= 0.3 is 0 Å². The van der Waals surface area contributed by atoms with Crippen LogP contribution in [0, 0.1) is 5.82 Å². The fourth-order valence-corrected chi connectivity index (χ4v) is 3.37. The second kappa shape index (κ2) is 7.19. The molecule has 1 atom stereocenters. The lowest BCUT2D eigenvalue weighted by Gasteiger charge is -2.17. The summed E-state index contributed by atoms with van der Waals surface area (Å²) in [4.78, 5) is -0.322. The van der Waals surface area contributed by atoms with Crippen LogP contribution in [0.4, 0.5) is 10.1 Å². The van der Waals surface area contributed by atoms with Crippen molar-refractivity contribution in [2.24, 2.45) is 0 Å². The third kappa shape index (κ3) is 4.29. The van der Waals surface area contributed by atoms with Crippen molar-refractivity contribution in [3.63, 3.8) is 0 Å². The number of sulfonamides is 1. The summed E-state index contributed by atoms with van der Waals surface area (Å²) in [5.41, 5.74) is 5.02. The average molecular weight is 327 g/mol. The van der Waals surface area contributed by atoms with Gasteiger partial charge in [-0.05, 0) is 18.6 Å². The molecule has 20 heavy (non-hydrogen) atoms. The highest BCUT2D eigenvalue weighted by atomic mass is 35.5. The zero-order valence-corrected chi connectivity index (χ0v) is 12.3. The lowest BCUT2D eigenvalue weighted by molar-refractivity contribution is 0.158. The molecule has 0 heterocycles. The molecular weight excluding hydrogens is 311 g/mol. The van der Waals surface area contributed by atoms with Crippen LogP contribution < -0.4 is 10.5 Å². The van der Waals surface area contributed by atoms with Gasteiger partial charge < -0.3 is 15.6 Å². The summed E-state index contributed by atoms with van der Waals surface area (Å²) in [6, 6.07) is 1.16. The van der Waals surface area contributed by atoms with E-state index in [1.807, 2.05) is 0 Å². The van der Waals surface area contributed by atoms with Crippen molar-refractivity contribution in [2.75, 3.05) is 26.1 Å². The van der Waals surface area contributed by atoms with Crippen molar-refractivity contribution in [3.05, 3.63) is 23.0 Å². The van der Waals surface area contributed by atoms with E-state index < -0.39 is 21.9 Å². The number of rotatable bonds is 7. The molecular formula is C11H16ClFN2O4S. The maximum Gasteiger partial charge on any atom is 0.242 e. The van der Waals surface area contributed by atoms with Gasteiger partial charge in [0, 0.05) is 19.8 Å². The molecule has 4 N–H and O–H groups in total. The number of hydrogen-bond acceptors (Lipinski definition) is 5. The van der Waals surface area contributed by atoms with Crippen LogP contribution in [0.1, 0.15) is 6.42 Å². The number of benzene rings is 1. The molecule has 114 valence electrons. The number of nitrogens with two attached hydrogens (primary N) is 1. The highest BCUT2D eigenvalue weighted by Gasteiger charge is 2.23. The highest BCUT2D eigenvalue weighted by Crippen LogP contribution is 2.26. The number of aliphatic hydroxyl groups excluding tert-OH is 1. The molecule has 6 nitrogen and oxygen atoms in total. The Balaban J connectivity index is 3.07. The number of anilines is 1. The fourth-order valence-electron chi connectivity index (χ4n) is 1.57. The maximum absolute atomic E-state index is 13.2. The van der Waals surface area contributed by atoms with Crippen molar-refractivity contribution in [1.82, 2.24) is 4.72 Å². The summed E-state index contributed by atoms with van der Waals surface area (Å²) < 4.78 is 44.7. The molecule has 1 unspecified atom stereocenters. The van der Waals surface area contributed by atoms with Gasteiger partial charge in [0.25, 0.3) is 0 Å². The molecule has 0 amide bonds. The smallest absolute Gasteiger partial charge is 0.242 e. The van der Waals surface area contributed by atoms with E-state index in [4.69, 9.17) is 27.2 Å². The first-order chi connectivity index (χ1) is 9.31. The van der Waals surface area contributed by atoms with Gasteiger partial charge in [-0.1, -0.05) is 11.6 Å².